The van der Waals surface area contributed by atoms with Crippen molar-refractivity contribution >= 4 is 23.2 Å². The fourth-order valence-electron chi connectivity index (χ4n) is 4.97. The largest absolute Gasteiger partial charge is 0.483 e. The highest BCUT2D eigenvalue weighted by atomic mass is 19.3. The third-order valence-corrected chi connectivity index (χ3v) is 7.23. The maximum absolute atomic E-state index is 14.8. The van der Waals surface area contributed by atoms with Crippen LogP contribution in [0.5, 0.6) is 5.75 Å². The number of alkyl halides is 2. The summed E-state index contributed by atoms with van der Waals surface area (Å²) in [6, 6.07) is 14.1. The van der Waals surface area contributed by atoms with E-state index in [1.54, 1.807) is 6.07 Å². The van der Waals surface area contributed by atoms with E-state index in [-0.39, 0.29) is 48.8 Å². The van der Waals surface area contributed by atoms with Crippen LogP contribution in [0.25, 0.3) is 11.4 Å². The van der Waals surface area contributed by atoms with Crippen LogP contribution >= 0.6 is 0 Å². The Hall–Kier alpha value is -4.45. The third-order valence-electron chi connectivity index (χ3n) is 7.23. The summed E-state index contributed by atoms with van der Waals surface area (Å²) < 4.78 is 40.8. The lowest BCUT2D eigenvalue weighted by atomic mass is 10.0. The number of amides is 1. The topological polar surface area (TPSA) is 157 Å². The van der Waals surface area contributed by atoms with Gasteiger partial charge >= 0.3 is 5.92 Å². The normalized spacial score (nSPS) is 20.7. The molecule has 0 saturated carbocycles. The van der Waals surface area contributed by atoms with Crippen LogP contribution in [0.2, 0.25) is 0 Å². The molecule has 3 heterocycles. The highest BCUT2D eigenvalue weighted by molar-refractivity contribution is 5.80. The van der Waals surface area contributed by atoms with E-state index < -0.39 is 30.6 Å². The molecule has 0 spiro atoms. The average molecular weight is 596 g/mol. The van der Waals surface area contributed by atoms with Crippen molar-refractivity contribution < 1.29 is 33.3 Å². The number of likely N-dealkylation sites (tertiary alicyclic amines) is 1. The number of hydrogen-bond donors (Lipinski definition) is 3. The number of nitriles is 1. The zero-order valence-corrected chi connectivity index (χ0v) is 23.4. The monoisotopic (exact) mass is 595 g/mol. The van der Waals surface area contributed by atoms with Gasteiger partial charge in [-0.15, -0.1) is 0 Å². The number of halogens is 2. The van der Waals surface area contributed by atoms with Gasteiger partial charge in [-0.05, 0) is 49.4 Å². The van der Waals surface area contributed by atoms with Crippen LogP contribution in [0.4, 0.5) is 26.1 Å². The summed E-state index contributed by atoms with van der Waals surface area (Å²) >= 11 is 0. The highest BCUT2D eigenvalue weighted by Crippen LogP contribution is 2.34. The first-order chi connectivity index (χ1) is 20.7. The number of nitrogens with zero attached hydrogens (tertiary/aromatic N) is 6. The number of carbonyl (C=O) groups is 1. The van der Waals surface area contributed by atoms with Gasteiger partial charge in [0.1, 0.15) is 24.3 Å². The van der Waals surface area contributed by atoms with Gasteiger partial charge in [0.15, 0.2) is 11.9 Å². The average Bonchev–Trinajstić information content (AvgIpc) is 3.02. The van der Waals surface area contributed by atoms with Crippen molar-refractivity contribution in [3.8, 4) is 23.2 Å². The molecule has 0 radical (unpaired) electrons. The number of anilines is 3. The van der Waals surface area contributed by atoms with E-state index in [0.29, 0.717) is 18.7 Å². The van der Waals surface area contributed by atoms with Gasteiger partial charge in [0, 0.05) is 43.0 Å². The summed E-state index contributed by atoms with van der Waals surface area (Å²) in [5.74, 6) is -3.65. The van der Waals surface area contributed by atoms with Crippen LogP contribution in [0.15, 0.2) is 48.8 Å². The number of aliphatic hydroxyl groups is 2. The molecule has 1 amide bonds. The number of carbonyl (C=O) groups excluding carboxylic acids is 1. The van der Waals surface area contributed by atoms with Crippen LogP contribution < -0.4 is 15.0 Å². The summed E-state index contributed by atoms with van der Waals surface area (Å²) in [5, 5.41) is 31.7. The molecule has 12 nitrogen and oxygen atoms in total. The molecule has 3 N–H and O–H groups in total. The molecule has 0 aliphatic carbocycles. The van der Waals surface area contributed by atoms with Gasteiger partial charge in [0.05, 0.1) is 31.4 Å². The summed E-state index contributed by atoms with van der Waals surface area (Å²) in [7, 11) is 0. The molecular formula is C29H31F2N7O5. The Balaban J connectivity index is 1.26. The minimum Gasteiger partial charge on any atom is -0.483 e. The van der Waals surface area contributed by atoms with E-state index in [4.69, 9.17) is 9.47 Å². The zero-order valence-electron chi connectivity index (χ0n) is 23.4. The van der Waals surface area contributed by atoms with E-state index in [9.17, 15) is 29.1 Å². The Labute approximate surface area is 246 Å². The Morgan fingerprint density at radius 1 is 1.26 bits per heavy atom. The molecule has 2 aliphatic heterocycles. The number of morpholine rings is 1. The first-order valence-corrected chi connectivity index (χ1v) is 13.8. The predicted octanol–water partition coefficient (Wildman–Crippen LogP) is 2.35. The van der Waals surface area contributed by atoms with Crippen LogP contribution in [0.1, 0.15) is 18.9 Å². The lowest BCUT2D eigenvalue weighted by molar-refractivity contribution is -0.165. The van der Waals surface area contributed by atoms with Gasteiger partial charge in [-0.25, -0.2) is 18.7 Å². The summed E-state index contributed by atoms with van der Waals surface area (Å²) in [6.07, 6.45) is -2.00. The molecule has 0 bridgehead atoms. The van der Waals surface area contributed by atoms with Crippen molar-refractivity contribution in [1.82, 2.24) is 19.9 Å². The molecule has 14 heteroatoms. The maximum atomic E-state index is 14.8. The van der Waals surface area contributed by atoms with Crippen molar-refractivity contribution in [1.29, 1.82) is 5.26 Å². The quantitative estimate of drug-likeness (QED) is 0.351. The number of benzene rings is 2. The lowest BCUT2D eigenvalue weighted by Crippen LogP contribution is -2.56. The van der Waals surface area contributed by atoms with Crippen molar-refractivity contribution in [2.75, 3.05) is 49.6 Å². The first kappa shape index (κ1) is 30.0. The molecule has 0 unspecified atom stereocenters. The maximum Gasteiger partial charge on any atom is 0.301 e. The fraction of sp³-hybridized carbons (Fsp3) is 0.414. The molecular weight excluding hydrogens is 564 g/mol. The van der Waals surface area contributed by atoms with E-state index in [0.717, 1.165) is 22.8 Å². The van der Waals surface area contributed by atoms with Gasteiger partial charge < -0.3 is 34.8 Å². The molecule has 1 aromatic heterocycles. The van der Waals surface area contributed by atoms with Crippen LogP contribution in [-0.4, -0.2) is 99.6 Å². The highest BCUT2D eigenvalue weighted by Gasteiger charge is 2.48. The van der Waals surface area contributed by atoms with Gasteiger partial charge in [0.2, 0.25) is 5.95 Å². The second-order valence-corrected chi connectivity index (χ2v) is 10.3. The molecule has 5 rings (SSSR count). The molecule has 3 aromatic rings. The molecule has 2 fully saturated rings. The molecule has 226 valence electrons. The predicted molar refractivity (Wildman–Crippen MR) is 151 cm³/mol. The molecule has 3 atom stereocenters. The SMILES string of the molecule is C[C@H](O)C(=O)N1CC[C@H](Oc2ccc(-c3ncnc(Nc4ccc(N5CCO[C@@H](CO)C5)cc4)n3)cc2C#N)C(F)(F)C1. The standard InChI is InChI=1S/C29H31F2N7O5/c1-18(40)27(41)38-9-8-25(29(30,31)16-38)43-24-7-2-19(12-20(24)13-32)26-33-17-34-28(36-26)35-21-3-5-22(6-4-21)37-10-11-42-23(14-37)15-39/h2-7,12,17-18,23,25,39-40H,8-11,14-16H2,1H3,(H,33,34,35,36)/t18-,23+,25-/m0/s1. The fourth-order valence-corrected chi connectivity index (χ4v) is 4.97. The summed E-state index contributed by atoms with van der Waals surface area (Å²) in [4.78, 5) is 27.8. The Kier molecular flexibility index (Phi) is 8.95. The number of nitrogens with one attached hydrogen (secondary N) is 1. The van der Waals surface area contributed by atoms with Gasteiger partial charge in [-0.2, -0.15) is 10.2 Å². The van der Waals surface area contributed by atoms with Crippen LogP contribution in [0.3, 0.4) is 0 Å². The molecule has 43 heavy (non-hydrogen) atoms. The number of rotatable bonds is 8. The minimum atomic E-state index is -3.38. The number of ether oxygens (including phenoxy) is 2. The van der Waals surface area contributed by atoms with Crippen molar-refractivity contribution in [3.63, 3.8) is 0 Å². The Morgan fingerprint density at radius 2 is 2.05 bits per heavy atom. The zero-order chi connectivity index (χ0) is 30.6. The number of hydrogen-bond acceptors (Lipinski definition) is 11. The molecule has 2 aromatic carbocycles. The minimum absolute atomic E-state index is 0.00921. The van der Waals surface area contributed by atoms with Crippen molar-refractivity contribution in [2.45, 2.75) is 37.6 Å². The Bertz CT molecular complexity index is 1480. The van der Waals surface area contributed by atoms with E-state index in [2.05, 4.69) is 25.2 Å². The van der Waals surface area contributed by atoms with Crippen LogP contribution in [-0.2, 0) is 9.53 Å². The molecule has 2 saturated heterocycles. The number of piperidine rings is 1. The first-order valence-electron chi connectivity index (χ1n) is 13.8. The lowest BCUT2D eigenvalue weighted by Gasteiger charge is -2.38. The van der Waals surface area contributed by atoms with E-state index in [1.807, 2.05) is 30.3 Å². The summed E-state index contributed by atoms with van der Waals surface area (Å²) in [5.41, 5.74) is 2.20. The van der Waals surface area contributed by atoms with E-state index in [1.165, 1.54) is 25.4 Å². The molecule has 2 aliphatic rings. The number of aromatic nitrogens is 3. The second kappa shape index (κ2) is 12.8. The third kappa shape index (κ3) is 6.96. The summed E-state index contributed by atoms with van der Waals surface area (Å²) in [6.45, 7) is 2.16. The van der Waals surface area contributed by atoms with E-state index >= 15 is 0 Å². The van der Waals surface area contributed by atoms with Gasteiger partial charge in [-0.1, -0.05) is 0 Å². The van der Waals surface area contributed by atoms with Crippen molar-refractivity contribution in [3.05, 3.63) is 54.4 Å². The Morgan fingerprint density at radius 3 is 2.74 bits per heavy atom. The van der Waals surface area contributed by atoms with Gasteiger partial charge in [0.25, 0.3) is 5.91 Å². The van der Waals surface area contributed by atoms with Crippen LogP contribution in [0, 0.1) is 11.3 Å². The van der Waals surface area contributed by atoms with Gasteiger partial charge in [-0.3, -0.25) is 4.79 Å². The number of aliphatic hydroxyl groups excluding tert-OH is 2. The second-order valence-electron chi connectivity index (χ2n) is 10.3. The smallest absolute Gasteiger partial charge is 0.301 e. The van der Waals surface area contributed by atoms with Crippen molar-refractivity contribution in [2.24, 2.45) is 0 Å².